The largest absolute Gasteiger partial charge is 0.471 e. The van der Waals surface area contributed by atoms with E-state index < -0.39 is 10.0 Å². The van der Waals surface area contributed by atoms with Gasteiger partial charge < -0.3 is 14.5 Å². The minimum atomic E-state index is -4.08. The highest BCUT2D eigenvalue weighted by Crippen LogP contribution is 2.31. The van der Waals surface area contributed by atoms with Crippen LogP contribution in [0.3, 0.4) is 0 Å². The van der Waals surface area contributed by atoms with Crippen LogP contribution in [0.15, 0.2) is 53.4 Å². The summed E-state index contributed by atoms with van der Waals surface area (Å²) in [6.07, 6.45) is -0.387. The molecule has 2 aromatic carbocycles. The molecule has 1 fully saturated rings. The molecule has 2 aliphatic rings. The van der Waals surface area contributed by atoms with Crippen molar-refractivity contribution in [3.05, 3.63) is 65.2 Å². The molecule has 0 unspecified atom stereocenters. The summed E-state index contributed by atoms with van der Waals surface area (Å²) in [4.78, 5) is 26.8. The van der Waals surface area contributed by atoms with Crippen LogP contribution in [-0.4, -0.2) is 72.9 Å². The molecule has 1 amide bonds. The normalized spacial score (nSPS) is 20.9. The summed E-state index contributed by atoms with van der Waals surface area (Å²) < 4.78 is 35.7. The molecular weight excluding hydrogens is 538 g/mol. The van der Waals surface area contributed by atoms with Crippen molar-refractivity contribution in [2.75, 3.05) is 31.4 Å². The standard InChI is InChI=1S/C28H33N5O4S.ClH/c1-17(2)24-16-32(5)14-21-15-33(24)27(34)20-10-7-11-22(12-20)38(35,36)31-28-29-23(13-25(30-28)37-21)26-18(3)8-6-9-19(26)4;/h6-13,17,21,24H,14-16H2,1-5H3,(H,29,30,31);1H/t21-,24+;/m1./s1. The molecule has 0 spiro atoms. The number of likely N-dealkylation sites (N-methyl/N-ethyl adjacent to an activating group) is 1. The number of aryl methyl sites for hydroxylation is 2. The Hall–Kier alpha value is -3.21. The second-order valence-electron chi connectivity index (χ2n) is 10.5. The topological polar surface area (TPSA) is 105 Å². The lowest BCUT2D eigenvalue weighted by Gasteiger charge is -2.34. The van der Waals surface area contributed by atoms with Crippen molar-refractivity contribution in [2.24, 2.45) is 5.92 Å². The zero-order valence-electron chi connectivity index (χ0n) is 22.7. The third-order valence-electron chi connectivity index (χ3n) is 7.19. The van der Waals surface area contributed by atoms with E-state index in [4.69, 9.17) is 4.74 Å². The van der Waals surface area contributed by atoms with Gasteiger partial charge in [-0.2, -0.15) is 4.98 Å². The first-order valence-electron chi connectivity index (χ1n) is 12.8. The van der Waals surface area contributed by atoms with Gasteiger partial charge in [0, 0.05) is 36.3 Å². The van der Waals surface area contributed by atoms with E-state index in [2.05, 4.69) is 33.4 Å². The molecule has 0 saturated carbocycles. The summed E-state index contributed by atoms with van der Waals surface area (Å²) in [6.45, 7) is 9.74. The lowest BCUT2D eigenvalue weighted by Crippen LogP contribution is -2.48. The molecular formula is C28H34ClN5O4S. The second-order valence-corrected chi connectivity index (χ2v) is 12.2. The number of amides is 1. The van der Waals surface area contributed by atoms with Crippen LogP contribution in [0, 0.1) is 19.8 Å². The van der Waals surface area contributed by atoms with Gasteiger partial charge >= 0.3 is 0 Å². The molecule has 1 N–H and O–H groups in total. The van der Waals surface area contributed by atoms with Crippen molar-refractivity contribution in [1.29, 1.82) is 0 Å². The zero-order chi connectivity index (χ0) is 27.2. The van der Waals surface area contributed by atoms with Crippen LogP contribution in [-0.2, 0) is 10.0 Å². The van der Waals surface area contributed by atoms with Crippen LogP contribution in [0.2, 0.25) is 0 Å². The summed E-state index contributed by atoms with van der Waals surface area (Å²) in [5.74, 6) is 0.119. The first-order chi connectivity index (χ1) is 18.0. The molecule has 1 aromatic heterocycles. The first-order valence-corrected chi connectivity index (χ1v) is 14.2. The van der Waals surface area contributed by atoms with Gasteiger partial charge in [0.15, 0.2) is 0 Å². The number of carbonyl (C=O) groups is 1. The van der Waals surface area contributed by atoms with Crippen molar-refractivity contribution in [2.45, 2.75) is 44.7 Å². The summed E-state index contributed by atoms with van der Waals surface area (Å²) in [7, 11) is -2.06. The van der Waals surface area contributed by atoms with E-state index in [1.807, 2.05) is 44.0 Å². The Bertz CT molecular complexity index is 1480. The predicted octanol–water partition coefficient (Wildman–Crippen LogP) is 4.16. The number of carbonyl (C=O) groups excluding carboxylic acids is 1. The van der Waals surface area contributed by atoms with Gasteiger partial charge in [-0.05, 0) is 56.1 Å². The number of nitrogens with zero attached hydrogens (tertiary/aromatic N) is 4. The Morgan fingerprint density at radius 2 is 1.69 bits per heavy atom. The van der Waals surface area contributed by atoms with Gasteiger partial charge in [-0.1, -0.05) is 38.1 Å². The van der Waals surface area contributed by atoms with Gasteiger partial charge in [0.2, 0.25) is 11.8 Å². The first kappa shape index (κ1) is 28.8. The molecule has 0 aliphatic carbocycles. The maximum absolute atomic E-state index is 13.8. The van der Waals surface area contributed by atoms with Crippen molar-refractivity contribution in [1.82, 2.24) is 19.8 Å². The Kier molecular flexibility index (Phi) is 8.20. The van der Waals surface area contributed by atoms with E-state index in [1.165, 1.54) is 12.1 Å². The molecule has 2 atom stereocenters. The maximum Gasteiger partial charge on any atom is 0.264 e. The Labute approximate surface area is 236 Å². The number of nitrogens with one attached hydrogen (secondary N) is 1. The Morgan fingerprint density at radius 1 is 1.00 bits per heavy atom. The molecule has 3 heterocycles. The smallest absolute Gasteiger partial charge is 0.264 e. The average molecular weight is 572 g/mol. The molecule has 2 aliphatic heterocycles. The van der Waals surface area contributed by atoms with Gasteiger partial charge in [-0.25, -0.2) is 18.1 Å². The molecule has 11 heteroatoms. The highest BCUT2D eigenvalue weighted by atomic mass is 35.5. The minimum Gasteiger partial charge on any atom is -0.471 e. The highest BCUT2D eigenvalue weighted by molar-refractivity contribution is 7.92. The average Bonchev–Trinajstić information content (AvgIpc) is 3.01. The molecule has 1 saturated heterocycles. The van der Waals surface area contributed by atoms with Crippen LogP contribution in [0.5, 0.6) is 5.88 Å². The number of sulfonamides is 1. The van der Waals surface area contributed by atoms with Crippen LogP contribution in [0.4, 0.5) is 5.95 Å². The number of halogens is 1. The summed E-state index contributed by atoms with van der Waals surface area (Å²) >= 11 is 0. The number of hydrogen-bond donors (Lipinski definition) is 1. The van der Waals surface area contributed by atoms with E-state index in [0.717, 1.165) is 16.7 Å². The van der Waals surface area contributed by atoms with E-state index in [1.54, 1.807) is 18.2 Å². The molecule has 208 valence electrons. The van der Waals surface area contributed by atoms with Crippen molar-refractivity contribution < 1.29 is 17.9 Å². The lowest BCUT2D eigenvalue weighted by atomic mass is 10.00. The third kappa shape index (κ3) is 5.88. The van der Waals surface area contributed by atoms with Gasteiger partial charge in [-0.15, -0.1) is 12.4 Å². The SMILES string of the molecule is Cc1cccc(C)c1-c1cc2nc(n1)NS(=O)(=O)c1cccc(c1)C(=O)N1C[C@@H](CN(C)C[C@H]1C(C)C)O2.Cl. The van der Waals surface area contributed by atoms with E-state index >= 15 is 0 Å². The number of ether oxygens (including phenoxy) is 1. The summed E-state index contributed by atoms with van der Waals surface area (Å²) in [5.41, 5.74) is 3.76. The summed E-state index contributed by atoms with van der Waals surface area (Å²) in [5, 5.41) is 0. The monoisotopic (exact) mass is 571 g/mol. The van der Waals surface area contributed by atoms with E-state index in [9.17, 15) is 13.2 Å². The molecule has 39 heavy (non-hydrogen) atoms. The van der Waals surface area contributed by atoms with E-state index in [0.29, 0.717) is 30.9 Å². The van der Waals surface area contributed by atoms with Gasteiger partial charge in [0.25, 0.3) is 15.9 Å². The minimum absolute atomic E-state index is 0. The molecule has 9 nitrogen and oxygen atoms in total. The van der Waals surface area contributed by atoms with Crippen molar-refractivity contribution in [3.8, 4) is 17.1 Å². The fraction of sp³-hybridized carbons (Fsp3) is 0.393. The van der Waals surface area contributed by atoms with Crippen LogP contribution in [0.25, 0.3) is 11.3 Å². The van der Waals surface area contributed by atoms with Gasteiger partial charge in [-0.3, -0.25) is 4.79 Å². The number of hydrogen-bond acceptors (Lipinski definition) is 7. The molecule has 3 aromatic rings. The predicted molar refractivity (Wildman–Crippen MR) is 153 cm³/mol. The maximum atomic E-state index is 13.8. The molecule has 5 rings (SSSR count). The molecule has 6 bridgehead atoms. The van der Waals surface area contributed by atoms with Crippen LogP contribution in [0.1, 0.15) is 35.3 Å². The van der Waals surface area contributed by atoms with Crippen LogP contribution < -0.4 is 9.46 Å². The summed E-state index contributed by atoms with van der Waals surface area (Å²) in [6, 6.07) is 13.7. The fourth-order valence-corrected chi connectivity index (χ4v) is 6.31. The fourth-order valence-electron chi connectivity index (χ4n) is 5.32. The third-order valence-corrected chi connectivity index (χ3v) is 8.52. The van der Waals surface area contributed by atoms with Crippen molar-refractivity contribution >= 4 is 34.3 Å². The number of fused-ring (bicyclic) bond motifs is 6. The Morgan fingerprint density at radius 3 is 2.38 bits per heavy atom. The number of benzene rings is 2. The number of rotatable bonds is 2. The van der Waals surface area contributed by atoms with Gasteiger partial charge in [0.05, 0.1) is 17.1 Å². The molecule has 0 radical (unpaired) electrons. The van der Waals surface area contributed by atoms with Gasteiger partial charge in [0.1, 0.15) is 6.10 Å². The van der Waals surface area contributed by atoms with E-state index in [-0.39, 0.29) is 53.1 Å². The number of anilines is 1. The van der Waals surface area contributed by atoms with Crippen molar-refractivity contribution in [3.63, 3.8) is 0 Å². The van der Waals surface area contributed by atoms with Crippen LogP contribution >= 0.6 is 12.4 Å². The number of aromatic nitrogens is 2. The second kappa shape index (κ2) is 11.1. The highest BCUT2D eigenvalue weighted by Gasteiger charge is 2.35. The quantitative estimate of drug-likeness (QED) is 0.492. The Balaban J connectivity index is 0.00000353. The lowest BCUT2D eigenvalue weighted by molar-refractivity contribution is 0.0553. The zero-order valence-corrected chi connectivity index (χ0v) is 24.3.